The maximum Gasteiger partial charge on any atom is 0.231 e. The van der Waals surface area contributed by atoms with Crippen LogP contribution in [0.15, 0.2) is 12.1 Å². The van der Waals surface area contributed by atoms with Gasteiger partial charge in [0.2, 0.25) is 12.5 Å². The summed E-state index contributed by atoms with van der Waals surface area (Å²) >= 11 is 0. The first kappa shape index (κ1) is 8.96. The minimum Gasteiger partial charge on any atom is -0.504 e. The predicted molar refractivity (Wildman–Crippen MR) is 63.7 cm³/mol. The lowest BCUT2D eigenvalue weighted by atomic mass is 10.1. The van der Waals surface area contributed by atoms with E-state index < -0.39 is 6.98 Å². The summed E-state index contributed by atoms with van der Waals surface area (Å²) in [7, 11) is 0. The van der Waals surface area contributed by atoms with E-state index in [1.807, 2.05) is 0 Å². The number of ether oxygens (including phenoxy) is 2. The van der Waals surface area contributed by atoms with Crippen LogP contribution in [0.25, 0.3) is 0 Å². The first-order valence-electron chi connectivity index (χ1n) is 6.25. The Bertz CT molecular complexity index is 454. The zero-order valence-electron chi connectivity index (χ0n) is 11.8. The van der Waals surface area contributed by atoms with Gasteiger partial charge in [0.1, 0.15) is 0 Å². The van der Waals surface area contributed by atoms with Crippen LogP contribution in [0.2, 0.25) is 0 Å². The summed E-state index contributed by atoms with van der Waals surface area (Å²) in [5.74, 6) is 0.852. The van der Waals surface area contributed by atoms with Crippen LogP contribution in [0.5, 0.6) is 17.2 Å². The first-order valence-corrected chi connectivity index (χ1v) is 4.75. The Labute approximate surface area is 105 Å². The van der Waals surface area contributed by atoms with E-state index >= 15 is 0 Å². The molecule has 0 aromatic heterocycles. The van der Waals surface area contributed by atoms with Gasteiger partial charge in [-0.1, -0.05) is 6.07 Å². The van der Waals surface area contributed by atoms with Crippen molar-refractivity contribution in [1.29, 1.82) is 0 Å². The van der Waals surface area contributed by atoms with E-state index in [0.29, 0.717) is 23.5 Å². The molecule has 0 saturated carbocycles. The number of hydrogen-bond donors (Lipinski definition) is 2. The van der Waals surface area contributed by atoms with Crippen LogP contribution in [0.4, 0.5) is 0 Å². The number of benzene rings is 1. The summed E-state index contributed by atoms with van der Waals surface area (Å²) in [6.07, 6.45) is 0.390. The van der Waals surface area contributed by atoms with E-state index in [-0.39, 0.29) is 31.0 Å². The van der Waals surface area contributed by atoms with Crippen LogP contribution in [-0.4, -0.2) is 24.9 Å². The number of likely N-dealkylation sites (N-methyl/N-ethyl adjacent to an activating group) is 1. The van der Waals surface area contributed by atoms with Gasteiger partial charge in [-0.25, -0.2) is 0 Å². The molecular weight excluding hydrogens is 230 g/mol. The highest BCUT2D eigenvalue weighted by Crippen LogP contribution is 2.42. The molecule has 1 aliphatic heterocycles. The van der Waals surface area contributed by atoms with E-state index in [9.17, 15) is 5.11 Å². The standard InChI is InChI=1S/C11H15NO3.ClH/c1-7(12-2)5-8-3-4-9-11(10(8)13)15-6-14-9;/h3-4,7,12-13H,5-6H2,1-2H3;1H/t7-;/m0./s1/i2D3;. The van der Waals surface area contributed by atoms with Gasteiger partial charge < -0.3 is 19.9 Å². The smallest absolute Gasteiger partial charge is 0.231 e. The van der Waals surface area contributed by atoms with Gasteiger partial charge in [-0.3, -0.25) is 0 Å². The molecule has 2 rings (SSSR count). The monoisotopic (exact) mass is 248 g/mol. The molecule has 0 aliphatic carbocycles. The fraction of sp³-hybridized carbons (Fsp3) is 0.455. The predicted octanol–water partition coefficient (Wildman–Crippen LogP) is 1.69. The van der Waals surface area contributed by atoms with E-state index in [2.05, 4.69) is 5.32 Å². The quantitative estimate of drug-likeness (QED) is 0.855. The average Bonchev–Trinajstić information content (AvgIpc) is 2.68. The van der Waals surface area contributed by atoms with Crippen molar-refractivity contribution in [2.24, 2.45) is 0 Å². The normalized spacial score (nSPS) is 17.9. The van der Waals surface area contributed by atoms with Crippen molar-refractivity contribution in [1.82, 2.24) is 5.32 Å². The second-order valence-electron chi connectivity index (χ2n) is 3.56. The van der Waals surface area contributed by atoms with Crippen molar-refractivity contribution in [3.8, 4) is 17.2 Å². The second kappa shape index (κ2) is 5.27. The number of hydrogen-bond acceptors (Lipinski definition) is 4. The minimum atomic E-state index is -2.19. The molecule has 1 aliphatic rings. The van der Waals surface area contributed by atoms with Crippen LogP contribution >= 0.6 is 12.4 Å². The van der Waals surface area contributed by atoms with Crippen molar-refractivity contribution >= 4 is 12.4 Å². The Balaban J connectivity index is 0.00000180. The molecule has 0 bridgehead atoms. The Morgan fingerprint density at radius 1 is 1.56 bits per heavy atom. The molecule has 90 valence electrons. The highest BCUT2D eigenvalue weighted by atomic mass is 35.5. The fourth-order valence-corrected chi connectivity index (χ4v) is 1.54. The summed E-state index contributed by atoms with van der Waals surface area (Å²) in [6, 6.07) is 3.13. The highest BCUT2D eigenvalue weighted by molar-refractivity contribution is 5.85. The third-order valence-corrected chi connectivity index (χ3v) is 2.37. The maximum absolute atomic E-state index is 9.98. The van der Waals surface area contributed by atoms with Crippen LogP contribution in [-0.2, 0) is 6.42 Å². The fourth-order valence-electron chi connectivity index (χ4n) is 1.54. The minimum absolute atomic E-state index is 0. The topological polar surface area (TPSA) is 50.7 Å². The molecule has 1 aromatic rings. The molecule has 1 atom stereocenters. The summed E-state index contributed by atoms with van der Waals surface area (Å²) in [4.78, 5) is 0. The van der Waals surface area contributed by atoms with Crippen LogP contribution in [0.3, 0.4) is 0 Å². The van der Waals surface area contributed by atoms with E-state index in [1.54, 1.807) is 19.1 Å². The molecule has 0 saturated heterocycles. The number of phenols is 1. The van der Waals surface area contributed by atoms with E-state index in [0.717, 1.165) is 0 Å². The van der Waals surface area contributed by atoms with Gasteiger partial charge in [-0.2, -0.15) is 0 Å². The molecular formula is C11H16ClNO3. The van der Waals surface area contributed by atoms with E-state index in [4.69, 9.17) is 13.6 Å². The highest BCUT2D eigenvalue weighted by Gasteiger charge is 2.20. The van der Waals surface area contributed by atoms with Gasteiger partial charge >= 0.3 is 0 Å². The number of phenolic OH excluding ortho intramolecular Hbond substituents is 1. The van der Waals surface area contributed by atoms with Crippen molar-refractivity contribution in [3.05, 3.63) is 17.7 Å². The lowest BCUT2D eigenvalue weighted by Gasteiger charge is -2.12. The first-order chi connectivity index (χ1) is 8.37. The lowest BCUT2D eigenvalue weighted by Crippen LogP contribution is -2.23. The molecule has 4 nitrogen and oxygen atoms in total. The van der Waals surface area contributed by atoms with Crippen LogP contribution < -0.4 is 14.8 Å². The Kier molecular flexibility index (Phi) is 2.95. The molecule has 16 heavy (non-hydrogen) atoms. The molecule has 5 heteroatoms. The molecule has 0 radical (unpaired) electrons. The third-order valence-electron chi connectivity index (χ3n) is 2.37. The Morgan fingerprint density at radius 2 is 2.38 bits per heavy atom. The number of nitrogens with one attached hydrogen (secondary N) is 1. The molecule has 1 aromatic carbocycles. The van der Waals surface area contributed by atoms with Gasteiger partial charge in [-0.05, 0) is 32.0 Å². The van der Waals surface area contributed by atoms with Crippen molar-refractivity contribution in [2.75, 3.05) is 13.8 Å². The van der Waals surface area contributed by atoms with Crippen LogP contribution in [0.1, 0.15) is 16.6 Å². The Hall–Kier alpha value is -1.13. The van der Waals surface area contributed by atoms with Gasteiger partial charge in [-0.15, -0.1) is 12.4 Å². The maximum atomic E-state index is 9.98. The SMILES string of the molecule is Cl.[2H]C([2H])([2H])N[C@@H](C)Cc1ccc2c(c1O)OCO2. The van der Waals surface area contributed by atoms with E-state index in [1.165, 1.54) is 0 Å². The molecule has 0 unspecified atom stereocenters. The molecule has 2 N–H and O–H groups in total. The molecule has 0 fully saturated rings. The van der Waals surface area contributed by atoms with Gasteiger partial charge in [0, 0.05) is 10.2 Å². The Morgan fingerprint density at radius 3 is 3.12 bits per heavy atom. The summed E-state index contributed by atoms with van der Waals surface area (Å²) in [5.41, 5.74) is 0.628. The molecule has 0 amide bonds. The zero-order chi connectivity index (χ0) is 13.3. The third kappa shape index (κ3) is 2.33. The number of aromatic hydroxyl groups is 1. The van der Waals surface area contributed by atoms with Gasteiger partial charge in [0.25, 0.3) is 0 Å². The summed E-state index contributed by atoms with van der Waals surface area (Å²) in [5, 5.41) is 12.5. The zero-order valence-corrected chi connectivity index (χ0v) is 9.63. The molecule has 0 spiro atoms. The van der Waals surface area contributed by atoms with Gasteiger partial charge in [0.05, 0.1) is 0 Å². The summed E-state index contributed by atoms with van der Waals surface area (Å²) in [6.45, 7) is -0.350. The van der Waals surface area contributed by atoms with Crippen molar-refractivity contribution in [3.63, 3.8) is 0 Å². The number of halogens is 1. The number of fused-ring (bicyclic) bond motifs is 1. The second-order valence-corrected chi connectivity index (χ2v) is 3.56. The largest absolute Gasteiger partial charge is 0.504 e. The van der Waals surface area contributed by atoms with Crippen LogP contribution in [0, 0.1) is 0 Å². The average molecular weight is 249 g/mol. The number of rotatable bonds is 3. The van der Waals surface area contributed by atoms with Gasteiger partial charge in [0.15, 0.2) is 11.5 Å². The lowest BCUT2D eigenvalue weighted by molar-refractivity contribution is 0.171. The van der Waals surface area contributed by atoms with Crippen molar-refractivity contribution < 1.29 is 18.7 Å². The van der Waals surface area contributed by atoms with Crippen molar-refractivity contribution in [2.45, 2.75) is 19.4 Å². The molecule has 1 heterocycles. The summed E-state index contributed by atoms with van der Waals surface area (Å²) < 4.78 is 31.6.